The van der Waals surface area contributed by atoms with E-state index < -0.39 is 6.03 Å². The quantitative estimate of drug-likeness (QED) is 0.523. The molecule has 0 atom stereocenters. The van der Waals surface area contributed by atoms with Crippen LogP contribution >= 0.6 is 11.8 Å². The van der Waals surface area contributed by atoms with E-state index in [4.69, 9.17) is 5.73 Å². The molecule has 0 fully saturated rings. The molecule has 3 nitrogen and oxygen atoms in total. The van der Waals surface area contributed by atoms with Crippen molar-refractivity contribution in [3.63, 3.8) is 0 Å². The molecule has 43 valence electrons. The SMILES string of the molecule is NC(=O)N1[CH]SC=C1. The molecule has 0 aromatic carbocycles. The van der Waals surface area contributed by atoms with E-state index in [0.717, 1.165) is 0 Å². The van der Waals surface area contributed by atoms with E-state index in [9.17, 15) is 4.79 Å². The zero-order chi connectivity index (χ0) is 5.98. The maximum absolute atomic E-state index is 10.3. The third-order valence-corrected chi connectivity index (χ3v) is 1.36. The van der Waals surface area contributed by atoms with Crippen LogP contribution in [-0.2, 0) is 0 Å². The van der Waals surface area contributed by atoms with Crippen LogP contribution in [0.15, 0.2) is 11.6 Å². The summed E-state index contributed by atoms with van der Waals surface area (Å²) < 4.78 is 0. The van der Waals surface area contributed by atoms with Crippen LogP contribution in [0.2, 0.25) is 0 Å². The highest BCUT2D eigenvalue weighted by molar-refractivity contribution is 8.04. The number of urea groups is 1. The van der Waals surface area contributed by atoms with Crippen molar-refractivity contribution in [3.8, 4) is 0 Å². The van der Waals surface area contributed by atoms with Gasteiger partial charge in [-0.3, -0.25) is 4.90 Å². The van der Waals surface area contributed by atoms with E-state index in [1.165, 1.54) is 16.7 Å². The summed E-state index contributed by atoms with van der Waals surface area (Å²) in [6.45, 7) is 0. The molecule has 8 heavy (non-hydrogen) atoms. The highest BCUT2D eigenvalue weighted by atomic mass is 32.2. The molecule has 2 amide bonds. The van der Waals surface area contributed by atoms with Crippen LogP contribution in [-0.4, -0.2) is 10.9 Å². The van der Waals surface area contributed by atoms with Gasteiger partial charge in [-0.25, -0.2) is 4.79 Å². The van der Waals surface area contributed by atoms with Crippen LogP contribution in [0.3, 0.4) is 0 Å². The molecule has 0 saturated heterocycles. The predicted molar refractivity (Wildman–Crippen MR) is 32.5 cm³/mol. The zero-order valence-electron chi connectivity index (χ0n) is 4.07. The topological polar surface area (TPSA) is 46.3 Å². The van der Waals surface area contributed by atoms with Crippen molar-refractivity contribution >= 4 is 17.8 Å². The largest absolute Gasteiger partial charge is 0.351 e. The van der Waals surface area contributed by atoms with Crippen LogP contribution < -0.4 is 5.73 Å². The monoisotopic (exact) mass is 129 g/mol. The summed E-state index contributed by atoms with van der Waals surface area (Å²) in [5.74, 6) is 1.64. The minimum absolute atomic E-state index is 0.439. The van der Waals surface area contributed by atoms with E-state index in [1.54, 1.807) is 17.5 Å². The van der Waals surface area contributed by atoms with Crippen LogP contribution in [0.1, 0.15) is 0 Å². The minimum atomic E-state index is -0.439. The lowest BCUT2D eigenvalue weighted by atomic mass is 10.8. The number of carbonyl (C=O) groups is 1. The highest BCUT2D eigenvalue weighted by Crippen LogP contribution is 2.18. The van der Waals surface area contributed by atoms with Gasteiger partial charge in [-0.1, -0.05) is 0 Å². The molecule has 0 bridgehead atoms. The van der Waals surface area contributed by atoms with Crippen LogP contribution in [0.5, 0.6) is 0 Å². The zero-order valence-corrected chi connectivity index (χ0v) is 4.89. The van der Waals surface area contributed by atoms with Crippen molar-refractivity contribution in [2.45, 2.75) is 0 Å². The first kappa shape index (κ1) is 5.50. The van der Waals surface area contributed by atoms with Crippen molar-refractivity contribution in [2.24, 2.45) is 5.73 Å². The summed E-state index contributed by atoms with van der Waals surface area (Å²) in [5.41, 5.74) is 4.89. The average molecular weight is 129 g/mol. The molecule has 0 unspecified atom stereocenters. The Kier molecular flexibility index (Phi) is 1.43. The lowest BCUT2D eigenvalue weighted by Crippen LogP contribution is -2.26. The van der Waals surface area contributed by atoms with Crippen molar-refractivity contribution in [1.82, 2.24) is 4.90 Å². The Bertz CT molecular complexity index is 134. The summed E-state index contributed by atoms with van der Waals surface area (Å²) in [5, 5.41) is 1.78. The molecule has 1 aliphatic rings. The van der Waals surface area contributed by atoms with Gasteiger partial charge in [0.25, 0.3) is 0 Å². The predicted octanol–water partition coefficient (Wildman–Crippen LogP) is 0.704. The number of amides is 2. The van der Waals surface area contributed by atoms with Gasteiger partial charge in [-0.2, -0.15) is 0 Å². The Labute approximate surface area is 51.5 Å². The molecule has 0 aliphatic carbocycles. The minimum Gasteiger partial charge on any atom is -0.351 e. The Balaban J connectivity index is 2.48. The Morgan fingerprint density at radius 3 is 2.75 bits per heavy atom. The molecule has 2 N–H and O–H groups in total. The van der Waals surface area contributed by atoms with Crippen molar-refractivity contribution in [2.75, 3.05) is 0 Å². The lowest BCUT2D eigenvalue weighted by Gasteiger charge is -2.04. The summed E-state index contributed by atoms with van der Waals surface area (Å²) in [6.07, 6.45) is 1.62. The Hall–Kier alpha value is -0.640. The molecule has 0 spiro atoms. The molecule has 1 heterocycles. The fourth-order valence-corrected chi connectivity index (χ4v) is 0.939. The molecule has 0 aromatic heterocycles. The average Bonchev–Trinajstić information content (AvgIpc) is 2.12. The maximum Gasteiger partial charge on any atom is 0.319 e. The number of nitrogens with two attached hydrogens (primary N) is 1. The van der Waals surface area contributed by atoms with Crippen molar-refractivity contribution in [1.29, 1.82) is 0 Å². The number of nitrogens with zero attached hydrogens (tertiary/aromatic N) is 1. The third-order valence-electron chi connectivity index (χ3n) is 0.729. The van der Waals surface area contributed by atoms with E-state index >= 15 is 0 Å². The van der Waals surface area contributed by atoms with Crippen LogP contribution in [0.4, 0.5) is 4.79 Å². The smallest absolute Gasteiger partial charge is 0.319 e. The molecule has 1 radical (unpaired) electrons. The first-order valence-electron chi connectivity index (χ1n) is 2.04. The number of thioether (sulfide) groups is 1. The molecule has 0 saturated carbocycles. The molecule has 4 heteroatoms. The van der Waals surface area contributed by atoms with E-state index in [1.807, 2.05) is 0 Å². The van der Waals surface area contributed by atoms with Crippen LogP contribution in [0, 0.1) is 5.88 Å². The number of hydrogen-bond acceptors (Lipinski definition) is 2. The van der Waals surface area contributed by atoms with E-state index in [-0.39, 0.29) is 0 Å². The van der Waals surface area contributed by atoms with Gasteiger partial charge in [0.1, 0.15) is 5.88 Å². The van der Waals surface area contributed by atoms with Gasteiger partial charge in [0.15, 0.2) is 0 Å². The summed E-state index contributed by atoms with van der Waals surface area (Å²) >= 11 is 1.43. The number of carbonyl (C=O) groups excluding carboxylic acids is 1. The second-order valence-electron chi connectivity index (χ2n) is 1.27. The molecule has 0 aromatic rings. The molecular weight excluding hydrogens is 124 g/mol. The maximum atomic E-state index is 10.3. The Morgan fingerprint density at radius 1 is 1.75 bits per heavy atom. The van der Waals surface area contributed by atoms with Crippen molar-refractivity contribution < 1.29 is 4.79 Å². The Morgan fingerprint density at radius 2 is 2.50 bits per heavy atom. The number of rotatable bonds is 0. The molecule has 1 rings (SSSR count). The number of primary amides is 1. The number of hydrogen-bond donors (Lipinski definition) is 1. The van der Waals surface area contributed by atoms with Gasteiger partial charge >= 0.3 is 6.03 Å². The van der Waals surface area contributed by atoms with E-state index in [2.05, 4.69) is 0 Å². The highest BCUT2D eigenvalue weighted by Gasteiger charge is 2.08. The second-order valence-corrected chi connectivity index (χ2v) is 2.03. The van der Waals surface area contributed by atoms with Gasteiger partial charge in [-0.05, 0) is 5.41 Å². The van der Waals surface area contributed by atoms with Crippen LogP contribution in [0.25, 0.3) is 0 Å². The summed E-state index contributed by atoms with van der Waals surface area (Å²) in [7, 11) is 0. The van der Waals surface area contributed by atoms with Crippen molar-refractivity contribution in [3.05, 3.63) is 17.5 Å². The van der Waals surface area contributed by atoms with Gasteiger partial charge < -0.3 is 5.73 Å². The fourth-order valence-electron chi connectivity index (χ4n) is 0.362. The third kappa shape index (κ3) is 0.949. The normalized spacial score (nSPS) is 17.2. The molecular formula is C4H5N2OS. The lowest BCUT2D eigenvalue weighted by molar-refractivity contribution is 0.234. The van der Waals surface area contributed by atoms with Gasteiger partial charge in [0, 0.05) is 6.20 Å². The van der Waals surface area contributed by atoms with Gasteiger partial charge in [-0.15, -0.1) is 11.8 Å². The summed E-state index contributed by atoms with van der Waals surface area (Å²) in [6, 6.07) is -0.439. The molecule has 1 aliphatic heterocycles. The van der Waals surface area contributed by atoms with Gasteiger partial charge in [0.05, 0.1) is 0 Å². The second kappa shape index (κ2) is 2.09. The standard InChI is InChI=1S/C4H5N2OS/c5-4(7)6-1-2-8-3-6/h1-3H,(H2,5,7). The summed E-state index contributed by atoms with van der Waals surface area (Å²) in [4.78, 5) is 11.6. The first-order chi connectivity index (χ1) is 3.80. The fraction of sp³-hybridized carbons (Fsp3) is 0. The first-order valence-corrected chi connectivity index (χ1v) is 2.98. The van der Waals surface area contributed by atoms with E-state index in [0.29, 0.717) is 0 Å². The van der Waals surface area contributed by atoms with Gasteiger partial charge in [0.2, 0.25) is 0 Å².